The number of hydrogen-bond donors (Lipinski definition) is 0. The molecule has 5 rings (SSSR count). The number of aromatic nitrogens is 3. The molecule has 3 heterocycles. The van der Waals surface area contributed by atoms with Crippen molar-refractivity contribution in [1.29, 1.82) is 0 Å². The van der Waals surface area contributed by atoms with Crippen LogP contribution in [0.5, 0.6) is 0 Å². The van der Waals surface area contributed by atoms with E-state index in [-0.39, 0.29) is 0 Å². The van der Waals surface area contributed by atoms with Crippen molar-refractivity contribution in [3.05, 3.63) is 60.2 Å². The van der Waals surface area contributed by atoms with Crippen molar-refractivity contribution in [3.63, 3.8) is 0 Å². The molecule has 0 aliphatic carbocycles. The first-order valence-electron chi connectivity index (χ1n) is 9.58. The molecular weight excluding hydrogens is 368 g/mol. The number of aryl methyl sites for hydroxylation is 1. The SMILES string of the molecule is Cc1ccc(-c2nc(-c3nnc(-c4ccccc4)o3)c(N3CCOCC3)o2)cc1. The van der Waals surface area contributed by atoms with Gasteiger partial charge in [0, 0.05) is 24.2 Å². The van der Waals surface area contributed by atoms with E-state index in [0.29, 0.717) is 42.5 Å². The lowest BCUT2D eigenvalue weighted by atomic mass is 10.1. The summed E-state index contributed by atoms with van der Waals surface area (Å²) in [4.78, 5) is 6.82. The highest BCUT2D eigenvalue weighted by Crippen LogP contribution is 2.36. The van der Waals surface area contributed by atoms with Gasteiger partial charge in [0.2, 0.25) is 17.7 Å². The van der Waals surface area contributed by atoms with Crippen LogP contribution in [0.4, 0.5) is 5.88 Å². The third-order valence-corrected chi connectivity index (χ3v) is 4.85. The third kappa shape index (κ3) is 3.52. The summed E-state index contributed by atoms with van der Waals surface area (Å²) < 4.78 is 17.6. The second kappa shape index (κ2) is 7.52. The number of ether oxygens (including phenoxy) is 1. The Balaban J connectivity index is 1.57. The van der Waals surface area contributed by atoms with E-state index in [1.54, 1.807) is 0 Å². The van der Waals surface area contributed by atoms with Crippen molar-refractivity contribution in [2.45, 2.75) is 6.92 Å². The van der Waals surface area contributed by atoms with Crippen molar-refractivity contribution < 1.29 is 13.6 Å². The van der Waals surface area contributed by atoms with Gasteiger partial charge in [-0.1, -0.05) is 35.9 Å². The molecule has 0 bridgehead atoms. The average Bonchev–Trinajstić information content (AvgIpc) is 3.43. The van der Waals surface area contributed by atoms with Gasteiger partial charge in [-0.3, -0.25) is 0 Å². The summed E-state index contributed by atoms with van der Waals surface area (Å²) in [7, 11) is 0. The third-order valence-electron chi connectivity index (χ3n) is 4.85. The highest BCUT2D eigenvalue weighted by atomic mass is 16.5. The van der Waals surface area contributed by atoms with Gasteiger partial charge in [-0.15, -0.1) is 10.2 Å². The molecule has 0 spiro atoms. The molecule has 0 amide bonds. The largest absolute Gasteiger partial charge is 0.420 e. The summed E-state index contributed by atoms with van der Waals surface area (Å²) in [5.74, 6) is 1.95. The Morgan fingerprint density at radius 2 is 1.45 bits per heavy atom. The monoisotopic (exact) mass is 388 g/mol. The number of oxazole rings is 1. The molecule has 146 valence electrons. The van der Waals surface area contributed by atoms with Crippen LogP contribution < -0.4 is 4.90 Å². The molecule has 0 saturated carbocycles. The van der Waals surface area contributed by atoms with Crippen molar-refractivity contribution in [2.24, 2.45) is 0 Å². The van der Waals surface area contributed by atoms with Crippen molar-refractivity contribution in [3.8, 4) is 34.5 Å². The van der Waals surface area contributed by atoms with Crippen LogP contribution in [0.1, 0.15) is 5.56 Å². The van der Waals surface area contributed by atoms with Gasteiger partial charge in [0.05, 0.1) is 13.2 Å². The molecule has 0 unspecified atom stereocenters. The molecule has 7 nitrogen and oxygen atoms in total. The van der Waals surface area contributed by atoms with E-state index in [2.05, 4.69) is 15.1 Å². The first kappa shape index (κ1) is 17.6. The molecule has 1 aliphatic heterocycles. The molecule has 2 aromatic carbocycles. The Kier molecular flexibility index (Phi) is 4.57. The molecule has 2 aromatic heterocycles. The molecule has 7 heteroatoms. The van der Waals surface area contributed by atoms with Crippen LogP contribution in [0.3, 0.4) is 0 Å². The molecule has 0 N–H and O–H groups in total. The molecule has 1 fully saturated rings. The van der Waals surface area contributed by atoms with Crippen LogP contribution in [0.15, 0.2) is 63.4 Å². The summed E-state index contributed by atoms with van der Waals surface area (Å²) in [6.07, 6.45) is 0. The standard InChI is InChI=1S/C22H20N4O3/c1-15-7-9-17(10-8-15)19-23-18(22(29-19)26-11-13-27-14-12-26)21-25-24-20(28-21)16-5-3-2-4-6-16/h2-10H,11-14H2,1H3. The van der Waals surface area contributed by atoms with Gasteiger partial charge in [-0.05, 0) is 31.2 Å². The van der Waals surface area contributed by atoms with Gasteiger partial charge in [0.25, 0.3) is 5.89 Å². The molecular formula is C22H20N4O3. The predicted molar refractivity (Wildman–Crippen MR) is 108 cm³/mol. The summed E-state index contributed by atoms with van der Waals surface area (Å²) in [6.45, 7) is 4.76. The number of benzene rings is 2. The van der Waals surface area contributed by atoms with Crippen molar-refractivity contribution in [2.75, 3.05) is 31.2 Å². The van der Waals surface area contributed by atoms with E-state index in [4.69, 9.17) is 18.6 Å². The van der Waals surface area contributed by atoms with Crippen LogP contribution in [0.25, 0.3) is 34.5 Å². The highest BCUT2D eigenvalue weighted by Gasteiger charge is 2.27. The van der Waals surface area contributed by atoms with E-state index >= 15 is 0 Å². The molecule has 1 saturated heterocycles. The average molecular weight is 388 g/mol. The lowest BCUT2D eigenvalue weighted by molar-refractivity contribution is 0.121. The number of nitrogens with zero attached hydrogens (tertiary/aromatic N) is 4. The lowest BCUT2D eigenvalue weighted by Crippen LogP contribution is -2.36. The lowest BCUT2D eigenvalue weighted by Gasteiger charge is -2.26. The number of hydrogen-bond acceptors (Lipinski definition) is 7. The zero-order valence-corrected chi connectivity index (χ0v) is 16.0. The Morgan fingerprint density at radius 3 is 2.21 bits per heavy atom. The highest BCUT2D eigenvalue weighted by molar-refractivity contribution is 5.70. The summed E-state index contributed by atoms with van der Waals surface area (Å²) >= 11 is 0. The normalized spacial score (nSPS) is 14.3. The van der Waals surface area contributed by atoms with E-state index in [9.17, 15) is 0 Å². The maximum Gasteiger partial charge on any atom is 0.272 e. The zero-order valence-electron chi connectivity index (χ0n) is 16.0. The second-order valence-electron chi connectivity index (χ2n) is 6.92. The Bertz CT molecular complexity index is 1100. The first-order chi connectivity index (χ1) is 14.3. The summed E-state index contributed by atoms with van der Waals surface area (Å²) in [5, 5.41) is 8.44. The minimum atomic E-state index is 0.340. The molecule has 1 aliphatic rings. The quantitative estimate of drug-likeness (QED) is 0.518. The first-order valence-corrected chi connectivity index (χ1v) is 9.58. The zero-order chi connectivity index (χ0) is 19.6. The van der Waals surface area contributed by atoms with E-state index < -0.39 is 0 Å². The number of morpholine rings is 1. The van der Waals surface area contributed by atoms with Gasteiger partial charge in [-0.25, -0.2) is 4.98 Å². The van der Waals surface area contributed by atoms with Crippen LogP contribution in [-0.4, -0.2) is 41.5 Å². The van der Waals surface area contributed by atoms with Gasteiger partial charge in [0.15, 0.2) is 5.69 Å². The van der Waals surface area contributed by atoms with Crippen molar-refractivity contribution in [1.82, 2.24) is 15.2 Å². The second-order valence-corrected chi connectivity index (χ2v) is 6.92. The van der Waals surface area contributed by atoms with Crippen molar-refractivity contribution >= 4 is 5.88 Å². The summed E-state index contributed by atoms with van der Waals surface area (Å²) in [5.41, 5.74) is 3.50. The molecule has 4 aromatic rings. The van der Waals surface area contributed by atoms with Gasteiger partial charge < -0.3 is 18.5 Å². The molecule has 0 atom stereocenters. The van der Waals surface area contributed by atoms with Crippen LogP contribution in [0, 0.1) is 6.92 Å². The van der Waals surface area contributed by atoms with Gasteiger partial charge >= 0.3 is 0 Å². The minimum absolute atomic E-state index is 0.340. The van der Waals surface area contributed by atoms with Crippen LogP contribution in [0.2, 0.25) is 0 Å². The molecule has 29 heavy (non-hydrogen) atoms. The fraction of sp³-hybridized carbons (Fsp3) is 0.227. The smallest absolute Gasteiger partial charge is 0.272 e. The maximum atomic E-state index is 6.18. The topological polar surface area (TPSA) is 77.4 Å². The van der Waals surface area contributed by atoms with Crippen LogP contribution in [-0.2, 0) is 4.74 Å². The Morgan fingerprint density at radius 1 is 0.759 bits per heavy atom. The minimum Gasteiger partial charge on any atom is -0.420 e. The van der Waals surface area contributed by atoms with E-state index in [0.717, 1.165) is 24.2 Å². The Labute approximate surface area is 168 Å². The van der Waals surface area contributed by atoms with Gasteiger partial charge in [0.1, 0.15) is 0 Å². The summed E-state index contributed by atoms with van der Waals surface area (Å²) in [6, 6.07) is 17.7. The van der Waals surface area contributed by atoms with E-state index in [1.165, 1.54) is 5.56 Å². The fourth-order valence-corrected chi connectivity index (χ4v) is 3.27. The molecule has 0 radical (unpaired) electrons. The predicted octanol–water partition coefficient (Wildman–Crippen LogP) is 4.20. The van der Waals surface area contributed by atoms with Crippen LogP contribution >= 0.6 is 0 Å². The maximum absolute atomic E-state index is 6.18. The number of rotatable bonds is 4. The van der Waals surface area contributed by atoms with Gasteiger partial charge in [-0.2, -0.15) is 0 Å². The van der Waals surface area contributed by atoms with E-state index in [1.807, 2.05) is 61.5 Å². The Hall–Kier alpha value is -3.45. The fourth-order valence-electron chi connectivity index (χ4n) is 3.27. The number of anilines is 1.